The Morgan fingerprint density at radius 1 is 1.04 bits per heavy atom. The van der Waals surface area contributed by atoms with Gasteiger partial charge in [-0.15, -0.1) is 11.3 Å². The van der Waals surface area contributed by atoms with Crippen LogP contribution < -0.4 is 5.32 Å². The number of hydrogen-bond donors (Lipinski definition) is 2. The zero-order valence-corrected chi connectivity index (χ0v) is 16.9. The van der Waals surface area contributed by atoms with Gasteiger partial charge in [0, 0.05) is 30.4 Å². The van der Waals surface area contributed by atoms with Crippen LogP contribution in [-0.2, 0) is 4.79 Å². The number of nitrogens with one attached hydrogen (secondary N) is 1. The number of thiophene rings is 1. The van der Waals surface area contributed by atoms with E-state index in [9.17, 15) is 14.7 Å². The summed E-state index contributed by atoms with van der Waals surface area (Å²) < 4.78 is 0.832. The van der Waals surface area contributed by atoms with E-state index in [1.165, 1.54) is 17.4 Å². The Balaban J connectivity index is 1.84. The summed E-state index contributed by atoms with van der Waals surface area (Å²) in [6.07, 6.45) is 1.43. The maximum absolute atomic E-state index is 12.3. The van der Waals surface area contributed by atoms with E-state index in [1.54, 1.807) is 36.4 Å². The van der Waals surface area contributed by atoms with Gasteiger partial charge in [0.15, 0.2) is 0 Å². The first-order chi connectivity index (χ1) is 12.9. The second kappa shape index (κ2) is 8.52. The highest BCUT2D eigenvalue weighted by atomic mass is 79.9. The minimum Gasteiger partial charge on any atom is -0.477 e. The third kappa shape index (κ3) is 4.86. The van der Waals surface area contributed by atoms with Crippen molar-refractivity contribution in [3.8, 4) is 10.4 Å². The number of carboxylic acid groups (broad SMARTS) is 1. The Bertz CT molecular complexity index is 1030. The number of carbonyl (C=O) groups is 2. The van der Waals surface area contributed by atoms with Crippen molar-refractivity contribution in [3.05, 3.63) is 86.3 Å². The molecule has 1 heterocycles. The lowest BCUT2D eigenvalue weighted by Crippen LogP contribution is -2.27. The van der Waals surface area contributed by atoms with Gasteiger partial charge in [0.05, 0.1) is 0 Å². The topological polar surface area (TPSA) is 66.4 Å². The Kier molecular flexibility index (Phi) is 6.11. The zero-order valence-electron chi connectivity index (χ0n) is 13.8. The van der Waals surface area contributed by atoms with Gasteiger partial charge in [-0.2, -0.15) is 0 Å². The van der Waals surface area contributed by atoms with E-state index in [2.05, 4.69) is 21.2 Å². The zero-order chi connectivity index (χ0) is 19.4. The highest BCUT2D eigenvalue weighted by molar-refractivity contribution is 9.10. The van der Waals surface area contributed by atoms with Gasteiger partial charge in [0.1, 0.15) is 5.70 Å². The van der Waals surface area contributed by atoms with Crippen molar-refractivity contribution < 1.29 is 14.7 Å². The van der Waals surface area contributed by atoms with E-state index in [-0.39, 0.29) is 5.70 Å². The van der Waals surface area contributed by atoms with Crippen molar-refractivity contribution in [2.24, 2.45) is 0 Å². The minimum absolute atomic E-state index is 0.199. The van der Waals surface area contributed by atoms with Crippen LogP contribution in [0.5, 0.6) is 0 Å². The van der Waals surface area contributed by atoms with Crippen LogP contribution >= 0.6 is 38.9 Å². The third-order valence-electron chi connectivity index (χ3n) is 3.64. The molecule has 4 nitrogen and oxygen atoms in total. The summed E-state index contributed by atoms with van der Waals surface area (Å²) >= 11 is 10.9. The van der Waals surface area contributed by atoms with Crippen molar-refractivity contribution in [2.75, 3.05) is 0 Å². The monoisotopic (exact) mass is 461 g/mol. The summed E-state index contributed by atoms with van der Waals surface area (Å²) in [5.41, 5.74) is 1.04. The highest BCUT2D eigenvalue weighted by Crippen LogP contribution is 2.33. The van der Waals surface area contributed by atoms with Gasteiger partial charge in [0.2, 0.25) is 0 Å². The summed E-state index contributed by atoms with van der Waals surface area (Å²) in [6.45, 7) is 0. The van der Waals surface area contributed by atoms with Crippen molar-refractivity contribution >= 4 is 56.8 Å². The molecule has 27 heavy (non-hydrogen) atoms. The first-order valence-electron chi connectivity index (χ1n) is 7.80. The lowest BCUT2D eigenvalue weighted by molar-refractivity contribution is -0.132. The summed E-state index contributed by atoms with van der Waals surface area (Å²) in [4.78, 5) is 25.4. The van der Waals surface area contributed by atoms with E-state index >= 15 is 0 Å². The van der Waals surface area contributed by atoms with Gasteiger partial charge in [-0.3, -0.25) is 4.79 Å². The molecule has 2 N–H and O–H groups in total. The van der Waals surface area contributed by atoms with Gasteiger partial charge in [-0.05, 0) is 48.5 Å². The van der Waals surface area contributed by atoms with Crippen LogP contribution in [0, 0.1) is 0 Å². The quantitative estimate of drug-likeness (QED) is 0.479. The van der Waals surface area contributed by atoms with E-state index in [4.69, 9.17) is 11.6 Å². The second-order valence-corrected chi connectivity index (χ2v) is 7.94. The lowest BCUT2D eigenvalue weighted by atomic mass is 10.2. The molecule has 2 aromatic carbocycles. The molecular weight excluding hydrogens is 450 g/mol. The molecule has 0 bridgehead atoms. The standard InChI is InChI=1S/C20H13BrClNO3S/c21-13-7-5-12(6-8-13)19(24)23-17(20(25)26)11-14-9-10-18(27-14)15-3-1-2-4-16(15)22/h1-11H,(H,23,24)(H,25,26). The molecule has 3 aromatic rings. The molecule has 0 atom stereocenters. The molecule has 0 aliphatic carbocycles. The SMILES string of the molecule is O=C(O)C(=Cc1ccc(-c2ccccc2Cl)s1)NC(=O)c1ccc(Br)cc1. The van der Waals surface area contributed by atoms with Crippen molar-refractivity contribution in [2.45, 2.75) is 0 Å². The maximum Gasteiger partial charge on any atom is 0.352 e. The van der Waals surface area contributed by atoms with Gasteiger partial charge in [-0.1, -0.05) is 45.7 Å². The highest BCUT2D eigenvalue weighted by Gasteiger charge is 2.14. The number of halogens is 2. The molecule has 1 aromatic heterocycles. The van der Waals surface area contributed by atoms with Crippen molar-refractivity contribution in [1.29, 1.82) is 0 Å². The van der Waals surface area contributed by atoms with Crippen LogP contribution in [-0.4, -0.2) is 17.0 Å². The van der Waals surface area contributed by atoms with Crippen LogP contribution in [0.4, 0.5) is 0 Å². The van der Waals surface area contributed by atoms with Crippen LogP contribution in [0.15, 0.2) is 70.8 Å². The lowest BCUT2D eigenvalue weighted by Gasteiger charge is -2.06. The van der Waals surface area contributed by atoms with Gasteiger partial charge in [0.25, 0.3) is 5.91 Å². The molecule has 0 saturated carbocycles. The molecule has 1 amide bonds. The number of benzene rings is 2. The summed E-state index contributed by atoms with van der Waals surface area (Å²) in [7, 11) is 0. The van der Waals surface area contributed by atoms with Gasteiger partial charge < -0.3 is 10.4 Å². The molecule has 0 radical (unpaired) electrons. The molecule has 0 spiro atoms. The van der Waals surface area contributed by atoms with E-state index < -0.39 is 11.9 Å². The first kappa shape index (κ1) is 19.4. The average Bonchev–Trinajstić information content (AvgIpc) is 3.10. The maximum atomic E-state index is 12.3. The Hall–Kier alpha value is -2.41. The van der Waals surface area contributed by atoms with Crippen LogP contribution in [0.2, 0.25) is 5.02 Å². The molecule has 0 aliphatic heterocycles. The minimum atomic E-state index is -1.21. The molecule has 3 rings (SSSR count). The first-order valence-corrected chi connectivity index (χ1v) is 9.79. The van der Waals surface area contributed by atoms with Crippen molar-refractivity contribution in [1.82, 2.24) is 5.32 Å². The predicted molar refractivity (Wildman–Crippen MR) is 112 cm³/mol. The fourth-order valence-electron chi connectivity index (χ4n) is 2.33. The largest absolute Gasteiger partial charge is 0.477 e. The Labute approximate surface area is 173 Å². The number of rotatable bonds is 5. The fourth-order valence-corrected chi connectivity index (χ4v) is 3.87. The Morgan fingerprint density at radius 2 is 1.74 bits per heavy atom. The number of amides is 1. The average molecular weight is 463 g/mol. The normalized spacial score (nSPS) is 11.3. The van der Waals surface area contributed by atoms with Crippen LogP contribution in [0.1, 0.15) is 15.2 Å². The van der Waals surface area contributed by atoms with Gasteiger partial charge >= 0.3 is 5.97 Å². The van der Waals surface area contributed by atoms with Crippen LogP contribution in [0.3, 0.4) is 0 Å². The molecule has 0 unspecified atom stereocenters. The smallest absolute Gasteiger partial charge is 0.352 e. The number of aliphatic carboxylic acids is 1. The van der Waals surface area contributed by atoms with Gasteiger partial charge in [-0.25, -0.2) is 4.79 Å². The van der Waals surface area contributed by atoms with E-state index in [1.807, 2.05) is 24.3 Å². The summed E-state index contributed by atoms with van der Waals surface area (Å²) in [5.74, 6) is -1.70. The number of carbonyl (C=O) groups excluding carboxylic acids is 1. The molecule has 0 aliphatic rings. The molecular formula is C20H13BrClNO3S. The molecule has 0 fully saturated rings. The number of carboxylic acids is 1. The van der Waals surface area contributed by atoms with Crippen LogP contribution in [0.25, 0.3) is 16.5 Å². The van der Waals surface area contributed by atoms with Crippen molar-refractivity contribution in [3.63, 3.8) is 0 Å². The molecule has 0 saturated heterocycles. The van der Waals surface area contributed by atoms with E-state index in [0.29, 0.717) is 15.5 Å². The van der Waals surface area contributed by atoms with E-state index in [0.717, 1.165) is 14.9 Å². The molecule has 7 heteroatoms. The number of hydrogen-bond acceptors (Lipinski definition) is 3. The predicted octanol–water partition coefficient (Wildman–Crippen LogP) is 5.69. The molecule has 136 valence electrons. The second-order valence-electron chi connectivity index (χ2n) is 5.51. The summed E-state index contributed by atoms with van der Waals surface area (Å²) in [6, 6.07) is 17.7. The Morgan fingerprint density at radius 3 is 2.41 bits per heavy atom. The summed E-state index contributed by atoms with van der Waals surface area (Å²) in [5, 5.41) is 12.5. The fraction of sp³-hybridized carbons (Fsp3) is 0. The third-order valence-corrected chi connectivity index (χ3v) is 5.56.